The normalized spacial score (nSPS) is 27.4. The van der Waals surface area contributed by atoms with Crippen molar-refractivity contribution >= 4 is 0 Å². The minimum atomic E-state index is 0.393. The van der Waals surface area contributed by atoms with Crippen LogP contribution < -0.4 is 0 Å². The lowest BCUT2D eigenvalue weighted by Gasteiger charge is -2.43. The van der Waals surface area contributed by atoms with E-state index in [1.165, 1.54) is 83.6 Å². The molecule has 0 atom stereocenters. The van der Waals surface area contributed by atoms with Crippen molar-refractivity contribution in [3.05, 3.63) is 0 Å². The predicted molar refractivity (Wildman–Crippen MR) is 82.3 cm³/mol. The summed E-state index contributed by atoms with van der Waals surface area (Å²) in [5.41, 5.74) is 0.393. The molecule has 0 bridgehead atoms. The highest BCUT2D eigenvalue weighted by molar-refractivity contribution is 5.03. The molecule has 2 nitrogen and oxygen atoms in total. The maximum atomic E-state index is 9.11. The molecule has 0 aliphatic heterocycles. The van der Waals surface area contributed by atoms with Crippen molar-refractivity contribution in [2.24, 2.45) is 5.41 Å². The fraction of sp³-hybridized carbons (Fsp3) is 0.944. The lowest BCUT2D eigenvalue weighted by molar-refractivity contribution is 0.0598. The van der Waals surface area contributed by atoms with Crippen molar-refractivity contribution in [1.29, 1.82) is 5.26 Å². The first-order valence-electron chi connectivity index (χ1n) is 8.96. The van der Waals surface area contributed by atoms with E-state index in [2.05, 4.69) is 11.0 Å². The minimum absolute atomic E-state index is 0.393. The molecule has 0 radical (unpaired) electrons. The molecule has 0 aromatic carbocycles. The summed E-state index contributed by atoms with van der Waals surface area (Å²) in [5.74, 6) is 0. The molecule has 0 amide bonds. The van der Waals surface area contributed by atoms with E-state index >= 15 is 0 Å². The first-order chi connectivity index (χ1) is 9.83. The smallest absolute Gasteiger partial charge is 0.0628 e. The highest BCUT2D eigenvalue weighted by Crippen LogP contribution is 2.50. The molecule has 3 fully saturated rings. The Morgan fingerprint density at radius 3 is 1.75 bits per heavy atom. The quantitative estimate of drug-likeness (QED) is 0.729. The summed E-state index contributed by atoms with van der Waals surface area (Å²) in [5, 5.41) is 9.11. The van der Waals surface area contributed by atoms with Crippen LogP contribution in [0.4, 0.5) is 0 Å². The third-order valence-corrected chi connectivity index (χ3v) is 6.02. The zero-order valence-electron chi connectivity index (χ0n) is 12.9. The summed E-state index contributed by atoms with van der Waals surface area (Å²) in [4.78, 5) is 2.89. The van der Waals surface area contributed by atoms with Gasteiger partial charge in [0.05, 0.1) is 6.07 Å². The van der Waals surface area contributed by atoms with Crippen LogP contribution in [-0.2, 0) is 0 Å². The molecule has 0 aromatic rings. The Kier molecular flexibility index (Phi) is 4.66. The Morgan fingerprint density at radius 2 is 1.35 bits per heavy atom. The second kappa shape index (κ2) is 6.48. The SMILES string of the molecule is N#CCC1(CN(C2CCCCC2)C2CCCCC2)CC1. The number of hydrogen-bond donors (Lipinski definition) is 0. The monoisotopic (exact) mass is 274 g/mol. The third-order valence-electron chi connectivity index (χ3n) is 6.02. The number of hydrogen-bond acceptors (Lipinski definition) is 2. The van der Waals surface area contributed by atoms with E-state index in [0.29, 0.717) is 5.41 Å². The van der Waals surface area contributed by atoms with Gasteiger partial charge in [0.2, 0.25) is 0 Å². The summed E-state index contributed by atoms with van der Waals surface area (Å²) in [6.45, 7) is 1.23. The van der Waals surface area contributed by atoms with Crippen LogP contribution in [0.15, 0.2) is 0 Å². The van der Waals surface area contributed by atoms with Gasteiger partial charge in [-0.05, 0) is 43.9 Å². The van der Waals surface area contributed by atoms with E-state index < -0.39 is 0 Å². The van der Waals surface area contributed by atoms with Gasteiger partial charge in [-0.25, -0.2) is 0 Å². The molecule has 3 rings (SSSR count). The first-order valence-corrected chi connectivity index (χ1v) is 8.96. The number of nitrogens with zero attached hydrogens (tertiary/aromatic N) is 2. The highest BCUT2D eigenvalue weighted by Gasteiger charge is 2.45. The fourth-order valence-corrected chi connectivity index (χ4v) is 4.50. The lowest BCUT2D eigenvalue weighted by atomic mass is 9.87. The van der Waals surface area contributed by atoms with E-state index in [9.17, 15) is 0 Å². The van der Waals surface area contributed by atoms with Crippen molar-refractivity contribution in [3.63, 3.8) is 0 Å². The van der Waals surface area contributed by atoms with Crippen LogP contribution in [0, 0.1) is 16.7 Å². The molecule has 0 spiro atoms. The molecule has 0 saturated heterocycles. The van der Waals surface area contributed by atoms with E-state index in [1.54, 1.807) is 0 Å². The highest BCUT2D eigenvalue weighted by atomic mass is 15.2. The fourth-order valence-electron chi connectivity index (χ4n) is 4.50. The molecule has 2 heteroatoms. The molecule has 3 saturated carbocycles. The molecule has 3 aliphatic carbocycles. The zero-order chi connectivity index (χ0) is 13.8. The summed E-state index contributed by atoms with van der Waals surface area (Å²) in [6, 6.07) is 4.13. The van der Waals surface area contributed by atoms with Crippen molar-refractivity contribution in [2.75, 3.05) is 6.54 Å². The van der Waals surface area contributed by atoms with Crippen LogP contribution in [-0.4, -0.2) is 23.5 Å². The van der Waals surface area contributed by atoms with Gasteiger partial charge in [-0.15, -0.1) is 0 Å². The molecule has 0 unspecified atom stereocenters. The van der Waals surface area contributed by atoms with Gasteiger partial charge >= 0.3 is 0 Å². The maximum absolute atomic E-state index is 9.11. The molecule has 0 N–H and O–H groups in total. The zero-order valence-corrected chi connectivity index (χ0v) is 12.9. The van der Waals surface area contributed by atoms with Gasteiger partial charge in [0, 0.05) is 25.0 Å². The van der Waals surface area contributed by atoms with Gasteiger partial charge in [-0.1, -0.05) is 38.5 Å². The third kappa shape index (κ3) is 3.37. The van der Waals surface area contributed by atoms with Crippen LogP contribution in [0.5, 0.6) is 0 Å². The van der Waals surface area contributed by atoms with Crippen LogP contribution in [0.2, 0.25) is 0 Å². The average molecular weight is 274 g/mol. The van der Waals surface area contributed by atoms with E-state index in [-0.39, 0.29) is 0 Å². The Hall–Kier alpha value is -0.550. The van der Waals surface area contributed by atoms with Crippen LogP contribution in [0.1, 0.15) is 83.5 Å². The van der Waals surface area contributed by atoms with Gasteiger partial charge < -0.3 is 0 Å². The molecule has 0 heterocycles. The molecule has 20 heavy (non-hydrogen) atoms. The first kappa shape index (κ1) is 14.4. The second-order valence-corrected chi connectivity index (χ2v) is 7.59. The number of nitriles is 1. The topological polar surface area (TPSA) is 27.0 Å². The van der Waals surface area contributed by atoms with Crippen LogP contribution in [0.25, 0.3) is 0 Å². The van der Waals surface area contributed by atoms with Crippen molar-refractivity contribution in [1.82, 2.24) is 4.90 Å². The largest absolute Gasteiger partial charge is 0.297 e. The van der Waals surface area contributed by atoms with Gasteiger partial charge in [0.1, 0.15) is 0 Å². The minimum Gasteiger partial charge on any atom is -0.297 e. The van der Waals surface area contributed by atoms with E-state index in [4.69, 9.17) is 5.26 Å². The van der Waals surface area contributed by atoms with Gasteiger partial charge in [-0.3, -0.25) is 4.90 Å². The summed E-state index contributed by atoms with van der Waals surface area (Å²) < 4.78 is 0. The maximum Gasteiger partial charge on any atom is 0.0628 e. The van der Waals surface area contributed by atoms with Crippen LogP contribution in [0.3, 0.4) is 0 Å². The molecule has 0 aromatic heterocycles. The Balaban J connectivity index is 1.67. The van der Waals surface area contributed by atoms with Gasteiger partial charge in [0.25, 0.3) is 0 Å². The molecular formula is C18H30N2. The standard InChI is InChI=1S/C18H30N2/c19-14-13-18(11-12-18)15-20(16-7-3-1-4-8-16)17-9-5-2-6-10-17/h16-17H,1-13,15H2. The van der Waals surface area contributed by atoms with Gasteiger partial charge in [0.15, 0.2) is 0 Å². The lowest BCUT2D eigenvalue weighted by Crippen LogP contribution is -2.47. The second-order valence-electron chi connectivity index (χ2n) is 7.59. The van der Waals surface area contributed by atoms with Crippen molar-refractivity contribution < 1.29 is 0 Å². The molecule has 3 aliphatic rings. The Bertz CT molecular complexity index is 323. The van der Waals surface area contributed by atoms with Crippen LogP contribution >= 0.6 is 0 Å². The predicted octanol–water partition coefficient (Wildman–Crippen LogP) is 4.65. The Morgan fingerprint density at radius 1 is 0.850 bits per heavy atom. The Labute approximate surface area is 124 Å². The van der Waals surface area contributed by atoms with E-state index in [1.807, 2.05) is 0 Å². The summed E-state index contributed by atoms with van der Waals surface area (Å²) >= 11 is 0. The molecule has 112 valence electrons. The average Bonchev–Trinajstić information content (AvgIpc) is 3.27. The summed E-state index contributed by atoms with van der Waals surface area (Å²) in [7, 11) is 0. The molecular weight excluding hydrogens is 244 g/mol. The van der Waals surface area contributed by atoms with E-state index in [0.717, 1.165) is 18.5 Å². The van der Waals surface area contributed by atoms with Crippen molar-refractivity contribution in [2.45, 2.75) is 95.6 Å². The summed E-state index contributed by atoms with van der Waals surface area (Å²) in [6.07, 6.45) is 17.7. The van der Waals surface area contributed by atoms with Gasteiger partial charge in [-0.2, -0.15) is 5.26 Å². The van der Waals surface area contributed by atoms with Crippen molar-refractivity contribution in [3.8, 4) is 6.07 Å². The number of rotatable bonds is 5.